The molecule has 0 N–H and O–H groups in total. The second kappa shape index (κ2) is 7.99. The summed E-state index contributed by atoms with van der Waals surface area (Å²) >= 11 is 0. The van der Waals surface area contributed by atoms with Gasteiger partial charge < -0.3 is 4.90 Å². The van der Waals surface area contributed by atoms with E-state index in [-0.39, 0.29) is 10.6 Å². The van der Waals surface area contributed by atoms with Crippen molar-refractivity contribution in [3.8, 4) is 0 Å². The lowest BCUT2D eigenvalue weighted by molar-refractivity contribution is -0.384. The highest BCUT2D eigenvalue weighted by Gasteiger charge is 2.23. The van der Waals surface area contributed by atoms with Gasteiger partial charge in [-0.1, -0.05) is 30.3 Å². The molecule has 0 radical (unpaired) electrons. The standard InChI is InChI=1S/C20H20N6O2/c27-26(28)19-6-7-20(18(12-19)13-23-25-14-21-22-15-25)24-10-8-17(9-11-24)16-4-2-1-3-5-16/h1-7,12-15,17H,8-11H2. The summed E-state index contributed by atoms with van der Waals surface area (Å²) in [6, 6.07) is 15.5. The van der Waals surface area contributed by atoms with Gasteiger partial charge in [0.05, 0.1) is 11.1 Å². The van der Waals surface area contributed by atoms with Gasteiger partial charge in [-0.3, -0.25) is 10.1 Å². The molecular formula is C20H20N6O2. The van der Waals surface area contributed by atoms with Crippen LogP contribution in [0, 0.1) is 10.1 Å². The molecule has 1 aromatic heterocycles. The molecule has 8 heteroatoms. The van der Waals surface area contributed by atoms with E-state index in [4.69, 9.17) is 0 Å². The molecule has 0 amide bonds. The average molecular weight is 376 g/mol. The molecule has 3 aromatic rings. The quantitative estimate of drug-likeness (QED) is 0.386. The predicted octanol–water partition coefficient (Wildman–Crippen LogP) is 3.45. The topological polar surface area (TPSA) is 89.5 Å². The molecule has 0 unspecified atom stereocenters. The smallest absolute Gasteiger partial charge is 0.270 e. The highest BCUT2D eigenvalue weighted by molar-refractivity contribution is 5.89. The second-order valence-electron chi connectivity index (χ2n) is 6.76. The number of anilines is 1. The summed E-state index contributed by atoms with van der Waals surface area (Å²) < 4.78 is 1.46. The molecule has 4 rings (SSSR count). The number of nitrogens with zero attached hydrogens (tertiary/aromatic N) is 6. The van der Waals surface area contributed by atoms with Crippen molar-refractivity contribution in [2.75, 3.05) is 18.0 Å². The van der Waals surface area contributed by atoms with Crippen LogP contribution in [-0.2, 0) is 0 Å². The first-order valence-corrected chi connectivity index (χ1v) is 9.18. The lowest BCUT2D eigenvalue weighted by Gasteiger charge is -2.34. The zero-order valence-electron chi connectivity index (χ0n) is 15.3. The van der Waals surface area contributed by atoms with Gasteiger partial charge in [0.15, 0.2) is 0 Å². The van der Waals surface area contributed by atoms with E-state index in [1.54, 1.807) is 18.3 Å². The minimum Gasteiger partial charge on any atom is -0.371 e. The summed E-state index contributed by atoms with van der Waals surface area (Å²) in [4.78, 5) is 13.1. The molecule has 142 valence electrons. The maximum absolute atomic E-state index is 11.2. The number of benzene rings is 2. The van der Waals surface area contributed by atoms with E-state index in [9.17, 15) is 10.1 Å². The Balaban J connectivity index is 1.56. The fraction of sp³-hybridized carbons (Fsp3) is 0.250. The van der Waals surface area contributed by atoms with Crippen molar-refractivity contribution in [3.05, 3.63) is 82.4 Å². The van der Waals surface area contributed by atoms with Crippen LogP contribution < -0.4 is 4.90 Å². The van der Waals surface area contributed by atoms with E-state index in [0.717, 1.165) is 31.6 Å². The van der Waals surface area contributed by atoms with Crippen molar-refractivity contribution < 1.29 is 4.92 Å². The molecule has 1 fully saturated rings. The Morgan fingerprint density at radius 3 is 2.46 bits per heavy atom. The highest BCUT2D eigenvalue weighted by atomic mass is 16.6. The Bertz CT molecular complexity index is 964. The number of non-ortho nitro benzene ring substituents is 1. The number of hydrogen-bond acceptors (Lipinski definition) is 6. The Kier molecular flexibility index (Phi) is 5.09. The number of rotatable bonds is 5. The third-order valence-electron chi connectivity index (χ3n) is 5.07. The summed E-state index contributed by atoms with van der Waals surface area (Å²) in [7, 11) is 0. The van der Waals surface area contributed by atoms with Crippen LogP contribution in [-0.4, -0.2) is 39.1 Å². The number of piperidine rings is 1. The van der Waals surface area contributed by atoms with Crippen molar-refractivity contribution >= 4 is 17.6 Å². The van der Waals surface area contributed by atoms with E-state index in [2.05, 4.69) is 44.5 Å². The van der Waals surface area contributed by atoms with E-state index in [1.807, 2.05) is 12.1 Å². The Labute approximate surface area is 162 Å². The largest absolute Gasteiger partial charge is 0.371 e. The van der Waals surface area contributed by atoms with Crippen LogP contribution in [0.4, 0.5) is 11.4 Å². The molecule has 2 aromatic carbocycles. The van der Waals surface area contributed by atoms with Gasteiger partial charge in [0, 0.05) is 36.5 Å². The van der Waals surface area contributed by atoms with Crippen molar-refractivity contribution in [2.24, 2.45) is 5.10 Å². The molecule has 0 spiro atoms. The molecule has 2 heterocycles. The van der Waals surface area contributed by atoms with E-state index < -0.39 is 0 Å². The number of nitro benzene ring substituents is 1. The van der Waals surface area contributed by atoms with Crippen LogP contribution in [0.1, 0.15) is 29.9 Å². The second-order valence-corrected chi connectivity index (χ2v) is 6.76. The van der Waals surface area contributed by atoms with Gasteiger partial charge in [0.25, 0.3) is 5.69 Å². The highest BCUT2D eigenvalue weighted by Crippen LogP contribution is 2.32. The summed E-state index contributed by atoms with van der Waals surface area (Å²) in [6.45, 7) is 1.79. The third-order valence-corrected chi connectivity index (χ3v) is 5.07. The average Bonchev–Trinajstić information content (AvgIpc) is 3.26. The van der Waals surface area contributed by atoms with Crippen molar-refractivity contribution in [1.29, 1.82) is 0 Å². The number of aromatic nitrogens is 3. The fourth-order valence-corrected chi connectivity index (χ4v) is 3.61. The van der Waals surface area contributed by atoms with Gasteiger partial charge in [-0.2, -0.15) is 5.10 Å². The van der Waals surface area contributed by atoms with E-state index in [0.29, 0.717) is 11.5 Å². The number of hydrogen-bond donors (Lipinski definition) is 0. The van der Waals surface area contributed by atoms with E-state index in [1.165, 1.54) is 22.9 Å². The summed E-state index contributed by atoms with van der Waals surface area (Å²) in [6.07, 6.45) is 6.65. The first-order chi connectivity index (χ1) is 13.7. The van der Waals surface area contributed by atoms with Crippen molar-refractivity contribution in [2.45, 2.75) is 18.8 Å². The normalized spacial score (nSPS) is 15.2. The van der Waals surface area contributed by atoms with Gasteiger partial charge in [-0.25, -0.2) is 4.68 Å². The maximum Gasteiger partial charge on any atom is 0.270 e. The molecule has 0 atom stereocenters. The summed E-state index contributed by atoms with van der Waals surface area (Å²) in [5, 5.41) is 22.9. The number of nitro groups is 1. The zero-order chi connectivity index (χ0) is 19.3. The molecule has 28 heavy (non-hydrogen) atoms. The van der Waals surface area contributed by atoms with Crippen molar-refractivity contribution in [3.63, 3.8) is 0 Å². The first kappa shape index (κ1) is 17.8. The Morgan fingerprint density at radius 2 is 1.79 bits per heavy atom. The first-order valence-electron chi connectivity index (χ1n) is 9.18. The van der Waals surface area contributed by atoms with Crippen LogP contribution in [0.2, 0.25) is 0 Å². The molecule has 1 aliphatic rings. The van der Waals surface area contributed by atoms with Gasteiger partial charge in [-0.15, -0.1) is 10.2 Å². The van der Waals surface area contributed by atoms with E-state index >= 15 is 0 Å². The molecular weight excluding hydrogens is 356 g/mol. The molecule has 0 bridgehead atoms. The van der Waals surface area contributed by atoms with Gasteiger partial charge in [0.2, 0.25) is 0 Å². The lowest BCUT2D eigenvalue weighted by Crippen LogP contribution is -2.33. The SMILES string of the molecule is O=[N+]([O-])c1ccc(N2CCC(c3ccccc3)CC2)c(C=Nn2cnnc2)c1. The molecule has 8 nitrogen and oxygen atoms in total. The van der Waals surface area contributed by atoms with Gasteiger partial charge in [0.1, 0.15) is 12.7 Å². The van der Waals surface area contributed by atoms with Crippen LogP contribution in [0.5, 0.6) is 0 Å². The minimum atomic E-state index is -0.387. The third kappa shape index (κ3) is 3.90. The monoisotopic (exact) mass is 376 g/mol. The van der Waals surface area contributed by atoms with Crippen LogP contribution in [0.25, 0.3) is 0 Å². The van der Waals surface area contributed by atoms with Crippen LogP contribution in [0.15, 0.2) is 66.3 Å². The molecule has 1 saturated heterocycles. The minimum absolute atomic E-state index is 0.0492. The van der Waals surface area contributed by atoms with Gasteiger partial charge >= 0.3 is 0 Å². The zero-order valence-corrected chi connectivity index (χ0v) is 15.3. The fourth-order valence-electron chi connectivity index (χ4n) is 3.61. The lowest BCUT2D eigenvalue weighted by atomic mass is 9.89. The Morgan fingerprint density at radius 1 is 1.07 bits per heavy atom. The summed E-state index contributed by atoms with van der Waals surface area (Å²) in [5.41, 5.74) is 3.09. The molecule has 0 saturated carbocycles. The summed E-state index contributed by atoms with van der Waals surface area (Å²) in [5.74, 6) is 0.546. The molecule has 1 aliphatic heterocycles. The van der Waals surface area contributed by atoms with Crippen LogP contribution in [0.3, 0.4) is 0 Å². The van der Waals surface area contributed by atoms with Gasteiger partial charge in [-0.05, 0) is 30.4 Å². The Hall–Kier alpha value is -3.55. The maximum atomic E-state index is 11.2. The predicted molar refractivity (Wildman–Crippen MR) is 107 cm³/mol. The molecule has 0 aliphatic carbocycles. The van der Waals surface area contributed by atoms with Crippen molar-refractivity contribution in [1.82, 2.24) is 14.9 Å². The van der Waals surface area contributed by atoms with Crippen LogP contribution >= 0.6 is 0 Å².